The fraction of sp³-hybridized carbons (Fsp3) is 0.524. The normalized spacial score (nSPS) is 19.4. The average molecular weight is 367 g/mol. The van der Waals surface area contributed by atoms with Crippen molar-refractivity contribution in [1.82, 2.24) is 15.1 Å². The van der Waals surface area contributed by atoms with E-state index in [0.717, 1.165) is 16.8 Å². The molecule has 2 heterocycles. The molecule has 0 spiro atoms. The smallest absolute Gasteiger partial charge is 0.156 e. The number of aliphatic imine (C=N–C) groups is 2. The Kier molecular flexibility index (Phi) is 8.00. The molecule has 144 valence electrons. The van der Waals surface area contributed by atoms with E-state index >= 15 is 0 Å². The van der Waals surface area contributed by atoms with E-state index in [1.54, 1.807) is 0 Å². The molecule has 0 amide bonds. The van der Waals surface area contributed by atoms with Crippen LogP contribution in [0.4, 0.5) is 0 Å². The van der Waals surface area contributed by atoms with Crippen molar-refractivity contribution in [2.75, 3.05) is 13.6 Å². The van der Waals surface area contributed by atoms with Crippen molar-refractivity contribution in [3.63, 3.8) is 0 Å². The van der Waals surface area contributed by atoms with Crippen LogP contribution in [0.15, 0.2) is 40.1 Å². The summed E-state index contributed by atoms with van der Waals surface area (Å²) in [6.45, 7) is 8.25. The van der Waals surface area contributed by atoms with E-state index in [1.165, 1.54) is 25.7 Å². The molecule has 1 N–H and O–H groups in total. The van der Waals surface area contributed by atoms with Crippen LogP contribution in [0, 0.1) is 17.2 Å². The number of rotatable bonds is 5. The molecule has 1 saturated carbocycles. The Bertz CT molecular complexity index is 756. The number of aromatic nitrogens is 2. The Morgan fingerprint density at radius 1 is 1.44 bits per heavy atom. The van der Waals surface area contributed by atoms with E-state index in [9.17, 15) is 5.26 Å². The number of nitriles is 1. The van der Waals surface area contributed by atoms with E-state index in [2.05, 4.69) is 33.2 Å². The van der Waals surface area contributed by atoms with Gasteiger partial charge in [-0.1, -0.05) is 38.8 Å². The SMILES string of the molecule is C=NC1=NCC=C/C1=C(/NC)c1cnn(C(CC#N)C2CCCC2)c1.CC. The Morgan fingerprint density at radius 3 is 2.81 bits per heavy atom. The molecule has 1 aliphatic carbocycles. The van der Waals surface area contributed by atoms with Gasteiger partial charge in [-0.3, -0.25) is 9.67 Å². The Hall–Kier alpha value is -2.68. The van der Waals surface area contributed by atoms with Gasteiger partial charge in [-0.25, -0.2) is 4.99 Å². The molecule has 0 aromatic carbocycles. The van der Waals surface area contributed by atoms with Crippen LogP contribution < -0.4 is 5.32 Å². The second-order valence-electron chi connectivity index (χ2n) is 6.45. The lowest BCUT2D eigenvalue weighted by molar-refractivity contribution is 0.314. The van der Waals surface area contributed by atoms with Crippen LogP contribution in [-0.2, 0) is 0 Å². The lowest BCUT2D eigenvalue weighted by atomic mass is 9.96. The fourth-order valence-electron chi connectivity index (χ4n) is 3.79. The fourth-order valence-corrected chi connectivity index (χ4v) is 3.79. The summed E-state index contributed by atoms with van der Waals surface area (Å²) in [6, 6.07) is 2.48. The van der Waals surface area contributed by atoms with Crippen LogP contribution in [0.25, 0.3) is 5.70 Å². The zero-order valence-electron chi connectivity index (χ0n) is 16.6. The molecule has 1 aromatic heterocycles. The molecule has 6 nitrogen and oxygen atoms in total. The van der Waals surface area contributed by atoms with Gasteiger partial charge in [0.15, 0.2) is 5.84 Å². The highest BCUT2D eigenvalue weighted by molar-refractivity contribution is 6.09. The summed E-state index contributed by atoms with van der Waals surface area (Å²) < 4.78 is 1.97. The van der Waals surface area contributed by atoms with Crippen LogP contribution in [0.5, 0.6) is 0 Å². The summed E-state index contributed by atoms with van der Waals surface area (Å²) in [5, 5.41) is 17.1. The number of nitrogens with zero attached hydrogens (tertiary/aromatic N) is 5. The minimum absolute atomic E-state index is 0.150. The molecule has 0 saturated heterocycles. The minimum atomic E-state index is 0.150. The number of dihydropyridines is 1. The molecule has 3 rings (SSSR count). The molecule has 6 heteroatoms. The van der Waals surface area contributed by atoms with Crippen molar-refractivity contribution in [2.45, 2.75) is 52.0 Å². The summed E-state index contributed by atoms with van der Waals surface area (Å²) in [7, 11) is 1.88. The molecular weight excluding hydrogens is 336 g/mol. The Balaban J connectivity index is 0.00000126. The summed E-state index contributed by atoms with van der Waals surface area (Å²) in [5.41, 5.74) is 2.82. The van der Waals surface area contributed by atoms with Crippen LogP contribution >= 0.6 is 0 Å². The molecule has 1 aliphatic heterocycles. The standard InChI is InChI=1S/C19H24N6.C2H6/c1-21-18(16-8-5-11-23-19(16)22-2)15-12-24-25(13-15)17(9-10-20)14-6-3-4-7-14;1-2/h5,8,12-14,17,21H,2-4,6-7,9,11H2,1H3;1-2H3/b18-16-;. The Labute approximate surface area is 162 Å². The maximum Gasteiger partial charge on any atom is 0.156 e. The van der Waals surface area contributed by atoms with Gasteiger partial charge in [0.05, 0.1) is 37.0 Å². The van der Waals surface area contributed by atoms with Crippen LogP contribution in [0.3, 0.4) is 0 Å². The van der Waals surface area contributed by atoms with Gasteiger partial charge in [0, 0.05) is 24.4 Å². The van der Waals surface area contributed by atoms with Crippen molar-refractivity contribution >= 4 is 18.3 Å². The highest BCUT2D eigenvalue weighted by Gasteiger charge is 2.27. The van der Waals surface area contributed by atoms with Gasteiger partial charge < -0.3 is 5.32 Å². The molecule has 0 bridgehead atoms. The van der Waals surface area contributed by atoms with Gasteiger partial charge in [0.1, 0.15) is 0 Å². The summed E-state index contributed by atoms with van der Waals surface area (Å²) in [4.78, 5) is 8.43. The number of nitrogens with one attached hydrogen (secondary N) is 1. The lowest BCUT2D eigenvalue weighted by Gasteiger charge is -2.21. The first kappa shape index (κ1) is 20.6. The van der Waals surface area contributed by atoms with Gasteiger partial charge in [-0.2, -0.15) is 10.4 Å². The highest BCUT2D eigenvalue weighted by Crippen LogP contribution is 2.36. The summed E-state index contributed by atoms with van der Waals surface area (Å²) >= 11 is 0. The molecule has 1 fully saturated rings. The largest absolute Gasteiger partial charge is 0.387 e. The molecule has 1 atom stereocenters. The predicted molar refractivity (Wildman–Crippen MR) is 112 cm³/mol. The lowest BCUT2D eigenvalue weighted by Crippen LogP contribution is -2.18. The third kappa shape index (κ3) is 4.73. The molecule has 27 heavy (non-hydrogen) atoms. The number of hydrogen-bond acceptors (Lipinski definition) is 5. The van der Waals surface area contributed by atoms with E-state index in [1.807, 2.05) is 50.1 Å². The van der Waals surface area contributed by atoms with Crippen LogP contribution in [-0.4, -0.2) is 35.9 Å². The first-order valence-electron chi connectivity index (χ1n) is 9.80. The van der Waals surface area contributed by atoms with Gasteiger partial charge >= 0.3 is 0 Å². The van der Waals surface area contributed by atoms with E-state index in [-0.39, 0.29) is 6.04 Å². The zero-order valence-corrected chi connectivity index (χ0v) is 16.6. The number of hydrogen-bond donors (Lipinski definition) is 1. The monoisotopic (exact) mass is 366 g/mol. The first-order valence-corrected chi connectivity index (χ1v) is 9.80. The predicted octanol–water partition coefficient (Wildman–Crippen LogP) is 4.15. The van der Waals surface area contributed by atoms with Gasteiger partial charge in [-0.15, -0.1) is 0 Å². The third-order valence-corrected chi connectivity index (χ3v) is 5.02. The molecule has 1 unspecified atom stereocenters. The maximum absolute atomic E-state index is 9.23. The van der Waals surface area contributed by atoms with Gasteiger partial charge in [0.2, 0.25) is 0 Å². The van der Waals surface area contributed by atoms with Crippen molar-refractivity contribution in [1.29, 1.82) is 5.26 Å². The van der Waals surface area contributed by atoms with Crippen LogP contribution in [0.2, 0.25) is 0 Å². The molecule has 1 aromatic rings. The molecular formula is C21H30N6. The zero-order chi connectivity index (χ0) is 19.6. The maximum atomic E-state index is 9.23. The third-order valence-electron chi connectivity index (χ3n) is 5.02. The first-order chi connectivity index (χ1) is 13.3. The van der Waals surface area contributed by atoms with Crippen molar-refractivity contribution < 1.29 is 0 Å². The minimum Gasteiger partial charge on any atom is -0.387 e. The van der Waals surface area contributed by atoms with E-state index in [4.69, 9.17) is 0 Å². The summed E-state index contributed by atoms with van der Waals surface area (Å²) in [5.74, 6) is 1.18. The van der Waals surface area contributed by atoms with Gasteiger partial charge in [-0.05, 0) is 25.5 Å². The van der Waals surface area contributed by atoms with Gasteiger partial charge in [0.25, 0.3) is 0 Å². The second-order valence-corrected chi connectivity index (χ2v) is 6.45. The van der Waals surface area contributed by atoms with E-state index < -0.39 is 0 Å². The molecule has 0 radical (unpaired) electrons. The van der Waals surface area contributed by atoms with Crippen molar-refractivity contribution in [3.05, 3.63) is 35.7 Å². The van der Waals surface area contributed by atoms with E-state index in [0.29, 0.717) is 24.7 Å². The summed E-state index contributed by atoms with van der Waals surface area (Å²) in [6.07, 6.45) is 13.3. The topological polar surface area (TPSA) is 78.4 Å². The van der Waals surface area contributed by atoms with Crippen molar-refractivity contribution in [3.8, 4) is 6.07 Å². The average Bonchev–Trinajstić information content (AvgIpc) is 3.41. The van der Waals surface area contributed by atoms with Crippen molar-refractivity contribution in [2.24, 2.45) is 15.9 Å². The second kappa shape index (κ2) is 10.5. The Morgan fingerprint density at radius 2 is 2.19 bits per heavy atom. The number of amidine groups is 1. The van der Waals surface area contributed by atoms with Crippen LogP contribution in [0.1, 0.15) is 57.6 Å². The quantitative estimate of drug-likeness (QED) is 0.795. The highest BCUT2D eigenvalue weighted by atomic mass is 15.3. The molecule has 2 aliphatic rings.